The van der Waals surface area contributed by atoms with Crippen molar-refractivity contribution >= 4 is 40.6 Å². The summed E-state index contributed by atoms with van der Waals surface area (Å²) in [5, 5.41) is 36.1. The number of fused-ring (bicyclic) bond motifs is 1. The summed E-state index contributed by atoms with van der Waals surface area (Å²) in [6.07, 6.45) is 2.16. The second-order valence-electron chi connectivity index (χ2n) is 9.23. The van der Waals surface area contributed by atoms with Crippen LogP contribution in [0.2, 0.25) is 0 Å². The van der Waals surface area contributed by atoms with Crippen molar-refractivity contribution in [3.63, 3.8) is 0 Å². The molecule has 2 heterocycles. The van der Waals surface area contributed by atoms with Gasteiger partial charge in [0, 0.05) is 41.8 Å². The lowest BCUT2D eigenvalue weighted by Crippen LogP contribution is -2.59. The maximum Gasteiger partial charge on any atom is 0.326 e. The number of carboxylic acids is 2. The SMILES string of the molecule is CC(O)C(N)C(=O)NC(Cc1cnc[nH]1)C(=O)NC(Cc1c[nH]c2ccccc12)C(=O)NC(CC(=O)O)C(=O)O. The van der Waals surface area contributed by atoms with E-state index in [1.807, 2.05) is 0 Å². The molecule has 3 rings (SSSR count). The number of aromatic amines is 2. The summed E-state index contributed by atoms with van der Waals surface area (Å²) in [5.74, 6) is -5.59. The van der Waals surface area contributed by atoms with E-state index >= 15 is 0 Å². The number of aliphatic hydroxyl groups is 1. The van der Waals surface area contributed by atoms with Crippen LogP contribution < -0.4 is 21.7 Å². The number of aliphatic hydroxyl groups excluding tert-OH is 1. The Kier molecular flexibility index (Phi) is 9.94. The molecule has 1 aromatic carbocycles. The molecule has 0 saturated heterocycles. The maximum atomic E-state index is 13.4. The molecule has 0 aliphatic carbocycles. The number of imidazole rings is 1. The Labute approximate surface area is 227 Å². The van der Waals surface area contributed by atoms with Gasteiger partial charge in [0.2, 0.25) is 17.7 Å². The third kappa shape index (κ3) is 7.87. The molecular weight excluding hydrogens is 526 g/mol. The zero-order chi connectivity index (χ0) is 29.4. The lowest BCUT2D eigenvalue weighted by Gasteiger charge is -2.25. The van der Waals surface area contributed by atoms with Crippen LogP contribution in [0.3, 0.4) is 0 Å². The number of aliphatic carboxylic acids is 2. The summed E-state index contributed by atoms with van der Waals surface area (Å²) in [7, 11) is 0. The minimum atomic E-state index is -1.75. The molecule has 5 atom stereocenters. The third-order valence-corrected chi connectivity index (χ3v) is 6.16. The van der Waals surface area contributed by atoms with E-state index < -0.39 is 66.4 Å². The van der Waals surface area contributed by atoms with Crippen LogP contribution in [-0.4, -0.2) is 90.2 Å². The fourth-order valence-electron chi connectivity index (χ4n) is 3.96. The zero-order valence-electron chi connectivity index (χ0n) is 21.5. The van der Waals surface area contributed by atoms with Crippen LogP contribution in [0.5, 0.6) is 0 Å². The second-order valence-corrected chi connectivity index (χ2v) is 9.23. The van der Waals surface area contributed by atoms with Crippen LogP contribution in [0.4, 0.5) is 0 Å². The van der Waals surface area contributed by atoms with Crippen LogP contribution >= 0.6 is 0 Å². The number of para-hydroxylation sites is 1. The van der Waals surface area contributed by atoms with Gasteiger partial charge in [0.15, 0.2) is 0 Å². The fraction of sp³-hybridized carbons (Fsp3) is 0.360. The summed E-state index contributed by atoms with van der Waals surface area (Å²) in [6.45, 7) is 1.31. The van der Waals surface area contributed by atoms with Gasteiger partial charge in [-0.3, -0.25) is 19.2 Å². The largest absolute Gasteiger partial charge is 0.481 e. The molecule has 3 aromatic rings. The molecule has 0 spiro atoms. The van der Waals surface area contributed by atoms with Crippen molar-refractivity contribution in [2.75, 3.05) is 0 Å². The number of carboxylic acid groups (broad SMARTS) is 2. The number of hydrogen-bond donors (Lipinski definition) is 9. The highest BCUT2D eigenvalue weighted by atomic mass is 16.4. The predicted octanol–water partition coefficient (Wildman–Crippen LogP) is -1.60. The molecule has 5 unspecified atom stereocenters. The predicted molar refractivity (Wildman–Crippen MR) is 140 cm³/mol. The Bertz CT molecular complexity index is 1350. The molecule has 2 aromatic heterocycles. The molecular formula is C25H31N7O8. The van der Waals surface area contributed by atoms with Crippen molar-refractivity contribution in [2.45, 2.75) is 56.5 Å². The molecule has 214 valence electrons. The van der Waals surface area contributed by atoms with Crippen LogP contribution in [0.1, 0.15) is 24.6 Å². The van der Waals surface area contributed by atoms with Crippen LogP contribution in [0.15, 0.2) is 43.0 Å². The van der Waals surface area contributed by atoms with E-state index in [0.717, 1.165) is 10.9 Å². The quantitative estimate of drug-likeness (QED) is 0.110. The zero-order valence-corrected chi connectivity index (χ0v) is 21.5. The molecule has 0 fully saturated rings. The van der Waals surface area contributed by atoms with E-state index in [1.165, 1.54) is 19.4 Å². The number of nitrogens with one attached hydrogen (secondary N) is 5. The number of rotatable bonds is 14. The normalized spacial score (nSPS) is 14.9. The van der Waals surface area contributed by atoms with Gasteiger partial charge in [-0.25, -0.2) is 9.78 Å². The summed E-state index contributed by atoms with van der Waals surface area (Å²) in [5.41, 5.74) is 7.56. The maximum absolute atomic E-state index is 13.4. The monoisotopic (exact) mass is 557 g/mol. The Balaban J connectivity index is 1.89. The number of nitrogens with zero attached hydrogens (tertiary/aromatic N) is 1. The smallest absolute Gasteiger partial charge is 0.326 e. The van der Waals surface area contributed by atoms with Gasteiger partial charge < -0.3 is 47.0 Å². The van der Waals surface area contributed by atoms with E-state index in [1.54, 1.807) is 30.5 Å². The van der Waals surface area contributed by atoms with Gasteiger partial charge in [-0.05, 0) is 18.6 Å². The van der Waals surface area contributed by atoms with E-state index in [-0.39, 0.29) is 12.8 Å². The summed E-state index contributed by atoms with van der Waals surface area (Å²) in [6, 6.07) is 1.45. The van der Waals surface area contributed by atoms with Gasteiger partial charge in [-0.1, -0.05) is 18.2 Å². The van der Waals surface area contributed by atoms with Crippen LogP contribution in [-0.2, 0) is 36.8 Å². The Morgan fingerprint density at radius 1 is 0.925 bits per heavy atom. The van der Waals surface area contributed by atoms with Gasteiger partial charge in [0.05, 0.1) is 18.9 Å². The summed E-state index contributed by atoms with van der Waals surface area (Å²) < 4.78 is 0. The molecule has 40 heavy (non-hydrogen) atoms. The van der Waals surface area contributed by atoms with E-state index in [4.69, 9.17) is 10.8 Å². The highest BCUT2D eigenvalue weighted by molar-refractivity contribution is 5.95. The van der Waals surface area contributed by atoms with Crippen molar-refractivity contribution in [2.24, 2.45) is 5.73 Å². The molecule has 3 amide bonds. The Morgan fingerprint density at radius 2 is 1.55 bits per heavy atom. The standard InChI is InChI=1S/C25H31N7O8/c1-12(33)21(26)24(38)31-18(7-14-10-27-11-29-14)23(37)30-17(22(36)32-19(25(39)40)8-20(34)35)6-13-9-28-16-5-3-2-4-15(13)16/h2-5,9-12,17-19,21,28,33H,6-8,26H2,1H3,(H,27,29)(H,30,37)(H,31,38)(H,32,36)(H,34,35)(H,39,40). The molecule has 15 nitrogen and oxygen atoms in total. The molecule has 0 bridgehead atoms. The first-order chi connectivity index (χ1) is 19.0. The minimum absolute atomic E-state index is 0.0811. The van der Waals surface area contributed by atoms with Gasteiger partial charge in [0.1, 0.15) is 24.2 Å². The summed E-state index contributed by atoms with van der Waals surface area (Å²) >= 11 is 0. The first-order valence-electron chi connectivity index (χ1n) is 12.3. The minimum Gasteiger partial charge on any atom is -0.481 e. The second kappa shape index (κ2) is 13.3. The van der Waals surface area contributed by atoms with Gasteiger partial charge in [0.25, 0.3) is 0 Å². The summed E-state index contributed by atoms with van der Waals surface area (Å²) in [4.78, 5) is 71.7. The number of amides is 3. The van der Waals surface area contributed by atoms with Crippen molar-refractivity contribution in [1.29, 1.82) is 0 Å². The number of aromatic nitrogens is 3. The topological polar surface area (TPSA) is 253 Å². The van der Waals surface area contributed by atoms with Gasteiger partial charge in [-0.2, -0.15) is 0 Å². The number of hydrogen-bond acceptors (Lipinski definition) is 8. The highest BCUT2D eigenvalue weighted by Crippen LogP contribution is 2.19. The number of nitrogens with two attached hydrogens (primary N) is 1. The fourth-order valence-corrected chi connectivity index (χ4v) is 3.96. The van der Waals surface area contributed by atoms with Crippen molar-refractivity contribution in [3.8, 4) is 0 Å². The first kappa shape index (κ1) is 29.8. The third-order valence-electron chi connectivity index (χ3n) is 6.16. The van der Waals surface area contributed by atoms with Gasteiger partial charge >= 0.3 is 11.9 Å². The van der Waals surface area contributed by atoms with Crippen LogP contribution in [0.25, 0.3) is 10.9 Å². The molecule has 15 heteroatoms. The van der Waals surface area contributed by atoms with Crippen molar-refractivity contribution in [3.05, 3.63) is 54.2 Å². The van der Waals surface area contributed by atoms with Crippen molar-refractivity contribution < 1.29 is 39.3 Å². The molecule has 0 saturated carbocycles. The average Bonchev–Trinajstić information content (AvgIpc) is 3.56. The Morgan fingerprint density at radius 3 is 2.15 bits per heavy atom. The molecule has 10 N–H and O–H groups in total. The molecule has 0 aliphatic heterocycles. The Hall–Kier alpha value is -4.76. The van der Waals surface area contributed by atoms with E-state index in [0.29, 0.717) is 11.3 Å². The average molecular weight is 558 g/mol. The lowest BCUT2D eigenvalue weighted by molar-refractivity contribution is -0.147. The van der Waals surface area contributed by atoms with Crippen LogP contribution in [0, 0.1) is 0 Å². The lowest BCUT2D eigenvalue weighted by atomic mass is 10.0. The first-order valence-corrected chi connectivity index (χ1v) is 12.3. The van der Waals surface area contributed by atoms with Crippen molar-refractivity contribution in [1.82, 2.24) is 30.9 Å². The number of carbonyl (C=O) groups excluding carboxylic acids is 3. The van der Waals surface area contributed by atoms with Gasteiger partial charge in [-0.15, -0.1) is 0 Å². The number of carbonyl (C=O) groups is 5. The number of H-pyrrole nitrogens is 2. The number of benzene rings is 1. The van der Waals surface area contributed by atoms with E-state index in [9.17, 15) is 34.2 Å². The highest BCUT2D eigenvalue weighted by Gasteiger charge is 2.32. The van der Waals surface area contributed by atoms with E-state index in [2.05, 4.69) is 30.9 Å². The molecule has 0 aliphatic rings. The molecule has 0 radical (unpaired) electrons.